The Morgan fingerprint density at radius 3 is 3.00 bits per heavy atom. The molecule has 2 heterocycles. The number of aromatic nitrogens is 2. The second-order valence-electron chi connectivity index (χ2n) is 4.96. The highest BCUT2D eigenvalue weighted by Crippen LogP contribution is 2.27. The summed E-state index contributed by atoms with van der Waals surface area (Å²) in [4.78, 5) is 13.5. The second kappa shape index (κ2) is 5.05. The number of anilines is 1. The molecule has 1 unspecified atom stereocenters. The van der Waals surface area contributed by atoms with Crippen LogP contribution in [0.15, 0.2) is 30.3 Å². The molecule has 20 heavy (non-hydrogen) atoms. The lowest BCUT2D eigenvalue weighted by Gasteiger charge is -2.12. The van der Waals surface area contributed by atoms with E-state index in [9.17, 15) is 9.18 Å². The fourth-order valence-corrected chi connectivity index (χ4v) is 2.41. The van der Waals surface area contributed by atoms with Crippen LogP contribution >= 0.6 is 0 Å². The Bertz CT molecular complexity index is 640. The maximum atomic E-state index is 13.2. The average molecular weight is 274 g/mol. The molecule has 104 valence electrons. The van der Waals surface area contributed by atoms with Crippen molar-refractivity contribution in [2.45, 2.75) is 6.42 Å². The Balaban J connectivity index is 1.86. The zero-order chi connectivity index (χ0) is 14.1. The summed E-state index contributed by atoms with van der Waals surface area (Å²) in [6.45, 7) is 1.08. The van der Waals surface area contributed by atoms with E-state index < -0.39 is 0 Å². The Labute approximate surface area is 115 Å². The molecule has 1 aliphatic heterocycles. The van der Waals surface area contributed by atoms with E-state index in [-0.39, 0.29) is 17.6 Å². The van der Waals surface area contributed by atoms with Gasteiger partial charge in [0.15, 0.2) is 5.82 Å². The van der Waals surface area contributed by atoms with Gasteiger partial charge in [-0.3, -0.25) is 14.8 Å². The highest BCUT2D eigenvalue weighted by molar-refractivity contribution is 5.95. The maximum absolute atomic E-state index is 13.2. The van der Waals surface area contributed by atoms with Crippen LogP contribution in [0.3, 0.4) is 0 Å². The van der Waals surface area contributed by atoms with E-state index in [1.165, 1.54) is 12.1 Å². The topological polar surface area (TPSA) is 75.0 Å². The molecule has 1 atom stereocenters. The van der Waals surface area contributed by atoms with Gasteiger partial charge in [0.25, 0.3) is 0 Å². The van der Waals surface area contributed by atoms with Crippen LogP contribution < -0.4 is 10.6 Å². The molecule has 6 heteroatoms. The van der Waals surface area contributed by atoms with Gasteiger partial charge in [0.1, 0.15) is 5.82 Å². The third kappa shape index (κ3) is 2.30. The van der Waals surface area contributed by atoms with Crippen LogP contribution in [-0.2, 0) is 4.79 Å². The number of rotatable bonds is 3. The molecule has 0 saturated carbocycles. The number of carbonyl (C=O) groups excluding carboxylic acids is 1. The highest BCUT2D eigenvalue weighted by Gasteiger charge is 2.31. The number of nitrogens with two attached hydrogens (primary N) is 1. The van der Waals surface area contributed by atoms with E-state index >= 15 is 0 Å². The second-order valence-corrected chi connectivity index (χ2v) is 4.96. The quantitative estimate of drug-likeness (QED) is 0.891. The Hall–Kier alpha value is -2.21. The number of carbonyl (C=O) groups is 1. The molecule has 1 aliphatic rings. The van der Waals surface area contributed by atoms with E-state index in [4.69, 9.17) is 5.73 Å². The fraction of sp³-hybridized carbons (Fsp3) is 0.286. The SMILES string of the molecule is NCC1CC(=O)N(c2cc(-c3cccc(F)c3)[nH]n2)C1. The van der Waals surface area contributed by atoms with Gasteiger partial charge in [-0.05, 0) is 24.6 Å². The summed E-state index contributed by atoms with van der Waals surface area (Å²) in [5.74, 6) is 0.457. The molecule has 2 aromatic rings. The van der Waals surface area contributed by atoms with Crippen LogP contribution in [-0.4, -0.2) is 29.2 Å². The van der Waals surface area contributed by atoms with E-state index in [0.717, 1.165) is 0 Å². The molecular weight excluding hydrogens is 259 g/mol. The third-order valence-corrected chi connectivity index (χ3v) is 3.51. The number of H-pyrrole nitrogens is 1. The van der Waals surface area contributed by atoms with Crippen molar-refractivity contribution >= 4 is 11.7 Å². The van der Waals surface area contributed by atoms with E-state index in [1.54, 1.807) is 23.1 Å². The van der Waals surface area contributed by atoms with Gasteiger partial charge in [0.2, 0.25) is 5.91 Å². The molecule has 1 aromatic carbocycles. The number of hydrogen-bond acceptors (Lipinski definition) is 3. The number of aromatic amines is 1. The molecule has 3 rings (SSSR count). The zero-order valence-electron chi connectivity index (χ0n) is 10.8. The van der Waals surface area contributed by atoms with Crippen LogP contribution in [0.25, 0.3) is 11.3 Å². The summed E-state index contributed by atoms with van der Waals surface area (Å²) < 4.78 is 13.2. The summed E-state index contributed by atoms with van der Waals surface area (Å²) >= 11 is 0. The zero-order valence-corrected chi connectivity index (χ0v) is 10.8. The van der Waals surface area contributed by atoms with Gasteiger partial charge in [-0.15, -0.1) is 0 Å². The lowest BCUT2D eigenvalue weighted by molar-refractivity contribution is -0.117. The van der Waals surface area contributed by atoms with Crippen molar-refractivity contribution in [3.05, 3.63) is 36.1 Å². The molecule has 0 bridgehead atoms. The van der Waals surface area contributed by atoms with E-state index in [2.05, 4.69) is 10.2 Å². The minimum atomic E-state index is -0.306. The highest BCUT2D eigenvalue weighted by atomic mass is 19.1. The van der Waals surface area contributed by atoms with Crippen LogP contribution in [0, 0.1) is 11.7 Å². The normalized spacial score (nSPS) is 18.8. The Morgan fingerprint density at radius 1 is 1.45 bits per heavy atom. The van der Waals surface area contributed by atoms with Crippen LogP contribution in [0.2, 0.25) is 0 Å². The largest absolute Gasteiger partial charge is 0.330 e. The van der Waals surface area contributed by atoms with Crippen LogP contribution in [0.5, 0.6) is 0 Å². The van der Waals surface area contributed by atoms with Gasteiger partial charge in [-0.2, -0.15) is 5.10 Å². The van der Waals surface area contributed by atoms with Crippen LogP contribution in [0.4, 0.5) is 10.2 Å². The molecule has 0 spiro atoms. The summed E-state index contributed by atoms with van der Waals surface area (Å²) in [6, 6.07) is 7.99. The molecular formula is C14H15FN4O. The maximum Gasteiger partial charge on any atom is 0.228 e. The molecule has 1 aromatic heterocycles. The van der Waals surface area contributed by atoms with E-state index in [0.29, 0.717) is 36.6 Å². The van der Waals surface area contributed by atoms with Gasteiger partial charge in [-0.25, -0.2) is 4.39 Å². The smallest absolute Gasteiger partial charge is 0.228 e. The molecule has 1 fully saturated rings. The van der Waals surface area contributed by atoms with Gasteiger partial charge in [-0.1, -0.05) is 12.1 Å². The third-order valence-electron chi connectivity index (χ3n) is 3.51. The van der Waals surface area contributed by atoms with Crippen molar-refractivity contribution in [3.8, 4) is 11.3 Å². The van der Waals surface area contributed by atoms with Crippen molar-refractivity contribution in [3.63, 3.8) is 0 Å². The van der Waals surface area contributed by atoms with Gasteiger partial charge < -0.3 is 5.73 Å². The number of nitrogens with one attached hydrogen (secondary N) is 1. The number of amides is 1. The van der Waals surface area contributed by atoms with Gasteiger partial charge >= 0.3 is 0 Å². The van der Waals surface area contributed by atoms with Gasteiger partial charge in [0, 0.05) is 24.6 Å². The van der Waals surface area contributed by atoms with Gasteiger partial charge in [0.05, 0.1) is 5.69 Å². The van der Waals surface area contributed by atoms with E-state index in [1.807, 2.05) is 0 Å². The van der Waals surface area contributed by atoms with Crippen molar-refractivity contribution in [2.75, 3.05) is 18.0 Å². The monoisotopic (exact) mass is 274 g/mol. The Kier molecular flexibility index (Phi) is 3.23. The Morgan fingerprint density at radius 2 is 2.30 bits per heavy atom. The van der Waals surface area contributed by atoms with Crippen LogP contribution in [0.1, 0.15) is 6.42 Å². The molecule has 1 saturated heterocycles. The van der Waals surface area contributed by atoms with Crippen molar-refractivity contribution in [1.29, 1.82) is 0 Å². The predicted octanol–water partition coefficient (Wildman–Crippen LogP) is 1.53. The molecule has 3 N–H and O–H groups in total. The first kappa shape index (κ1) is 12.8. The summed E-state index contributed by atoms with van der Waals surface area (Å²) in [5, 5.41) is 6.98. The molecule has 0 radical (unpaired) electrons. The number of benzene rings is 1. The van der Waals surface area contributed by atoms with Crippen molar-refractivity contribution in [2.24, 2.45) is 11.7 Å². The lowest BCUT2D eigenvalue weighted by atomic mass is 10.1. The summed E-state index contributed by atoms with van der Waals surface area (Å²) in [7, 11) is 0. The van der Waals surface area contributed by atoms with Crippen molar-refractivity contribution < 1.29 is 9.18 Å². The summed E-state index contributed by atoms with van der Waals surface area (Å²) in [5.41, 5.74) is 6.98. The molecule has 5 nitrogen and oxygen atoms in total. The number of halogens is 1. The first-order chi connectivity index (χ1) is 9.67. The fourth-order valence-electron chi connectivity index (χ4n) is 2.41. The minimum absolute atomic E-state index is 0.0257. The predicted molar refractivity (Wildman–Crippen MR) is 73.5 cm³/mol. The molecule has 0 aliphatic carbocycles. The number of hydrogen-bond donors (Lipinski definition) is 2. The summed E-state index contributed by atoms with van der Waals surface area (Å²) in [6.07, 6.45) is 0.457. The first-order valence-corrected chi connectivity index (χ1v) is 6.49. The van der Waals surface area contributed by atoms with Crippen molar-refractivity contribution in [1.82, 2.24) is 10.2 Å². The lowest BCUT2D eigenvalue weighted by Crippen LogP contribution is -2.26. The standard InChI is InChI=1S/C14H15FN4O/c15-11-3-1-2-10(5-11)12-6-13(18-17-12)19-8-9(7-16)4-14(19)20/h1-3,5-6,9H,4,7-8,16H2,(H,17,18). The molecule has 1 amide bonds. The number of nitrogens with zero attached hydrogens (tertiary/aromatic N) is 2. The first-order valence-electron chi connectivity index (χ1n) is 6.49. The average Bonchev–Trinajstić information content (AvgIpc) is 3.05. The minimum Gasteiger partial charge on any atom is -0.330 e.